The molecule has 0 aromatic carbocycles. The molecule has 0 aromatic heterocycles. The minimum Gasteiger partial charge on any atom is -0.462 e. The molecule has 0 fully saturated rings. The lowest BCUT2D eigenvalue weighted by Crippen LogP contribution is -2.29. The fourth-order valence-corrected chi connectivity index (χ4v) is 5.93. The Kier molecular flexibility index (Phi) is 37.8. The standard InChI is InChI=1S/C44H75O10P/c1-3-5-7-9-11-13-15-17-19-20-22-24-26-28-30-32-34-36-44(48)54-42(40-53-55(49,50)52-38-41(46)37-45)39-51-43(47)35-33-31-29-27-25-23-21-18-16-14-12-10-8-6-4-2/h5,7,11,13-14,16-17,19,22,24,28,30,41-42,45-46H,3-4,6,8-10,12,15,18,20-21,23,25-27,29,31-40H2,1-2H3,(H,49,50)/b7-5+,13-11+,16-14+,19-17+,24-22+,30-28+/t41-,42+/m0/s1. The summed E-state index contributed by atoms with van der Waals surface area (Å²) < 4.78 is 32.6. The molecule has 316 valence electrons. The van der Waals surface area contributed by atoms with Crippen LogP contribution in [0.5, 0.6) is 0 Å². The largest absolute Gasteiger partial charge is 0.472 e. The average molecular weight is 795 g/mol. The maximum atomic E-state index is 12.6. The average Bonchev–Trinajstić information content (AvgIpc) is 3.17. The van der Waals surface area contributed by atoms with Gasteiger partial charge >= 0.3 is 19.8 Å². The van der Waals surface area contributed by atoms with E-state index >= 15 is 0 Å². The topological polar surface area (TPSA) is 149 Å². The number of unbranched alkanes of at least 4 members (excludes halogenated alkanes) is 12. The second-order valence-corrected chi connectivity index (χ2v) is 15.1. The maximum Gasteiger partial charge on any atom is 0.472 e. The van der Waals surface area contributed by atoms with Gasteiger partial charge in [0.2, 0.25) is 0 Å². The number of carbonyl (C=O) groups excluding carboxylic acids is 2. The zero-order chi connectivity index (χ0) is 40.5. The Morgan fingerprint density at radius 1 is 0.564 bits per heavy atom. The quantitative estimate of drug-likeness (QED) is 0.0239. The van der Waals surface area contributed by atoms with Crippen molar-refractivity contribution >= 4 is 19.8 Å². The third kappa shape index (κ3) is 39.4. The number of aliphatic hydroxyl groups excluding tert-OH is 2. The number of hydrogen-bond acceptors (Lipinski definition) is 9. The molecular weight excluding hydrogens is 719 g/mol. The van der Waals surface area contributed by atoms with Gasteiger partial charge in [-0.1, -0.05) is 138 Å². The Morgan fingerprint density at radius 3 is 1.58 bits per heavy atom. The minimum absolute atomic E-state index is 0.102. The van der Waals surface area contributed by atoms with Crippen LogP contribution in [0, 0.1) is 0 Å². The molecule has 0 aliphatic heterocycles. The van der Waals surface area contributed by atoms with Crippen molar-refractivity contribution in [2.24, 2.45) is 0 Å². The molecular formula is C44H75O10P. The summed E-state index contributed by atoms with van der Waals surface area (Å²) in [4.78, 5) is 34.9. The van der Waals surface area contributed by atoms with Gasteiger partial charge in [0.05, 0.1) is 19.8 Å². The zero-order valence-electron chi connectivity index (χ0n) is 34.1. The molecule has 3 N–H and O–H groups in total. The summed E-state index contributed by atoms with van der Waals surface area (Å²) in [6, 6.07) is 0. The zero-order valence-corrected chi connectivity index (χ0v) is 35.0. The third-order valence-electron chi connectivity index (χ3n) is 8.34. The van der Waals surface area contributed by atoms with E-state index in [1.165, 1.54) is 51.4 Å². The fourth-order valence-electron chi connectivity index (χ4n) is 5.14. The first-order valence-electron chi connectivity index (χ1n) is 20.9. The highest BCUT2D eigenvalue weighted by molar-refractivity contribution is 7.47. The van der Waals surface area contributed by atoms with Gasteiger partial charge in [-0.15, -0.1) is 0 Å². The van der Waals surface area contributed by atoms with Crippen molar-refractivity contribution in [3.05, 3.63) is 72.9 Å². The Balaban J connectivity index is 4.44. The molecule has 55 heavy (non-hydrogen) atoms. The predicted octanol–water partition coefficient (Wildman–Crippen LogP) is 10.9. The molecule has 3 atom stereocenters. The van der Waals surface area contributed by atoms with Crippen LogP contribution < -0.4 is 0 Å². The van der Waals surface area contributed by atoms with Crippen molar-refractivity contribution < 1.29 is 47.8 Å². The van der Waals surface area contributed by atoms with E-state index in [9.17, 15) is 24.2 Å². The molecule has 0 spiro atoms. The number of aliphatic hydroxyl groups is 2. The lowest BCUT2D eigenvalue weighted by atomic mass is 10.1. The summed E-state index contributed by atoms with van der Waals surface area (Å²) in [6.45, 7) is 2.16. The Labute approximate surface area is 333 Å². The van der Waals surface area contributed by atoms with Crippen molar-refractivity contribution in [1.82, 2.24) is 0 Å². The molecule has 0 heterocycles. The smallest absolute Gasteiger partial charge is 0.462 e. The maximum absolute atomic E-state index is 12.6. The van der Waals surface area contributed by atoms with Crippen molar-refractivity contribution in [2.45, 2.75) is 167 Å². The Hall–Kier alpha value is -2.59. The van der Waals surface area contributed by atoms with Crippen LogP contribution in [0.1, 0.15) is 155 Å². The van der Waals surface area contributed by atoms with E-state index in [-0.39, 0.29) is 19.4 Å². The molecule has 0 saturated carbocycles. The van der Waals surface area contributed by atoms with Crippen molar-refractivity contribution in [3.63, 3.8) is 0 Å². The number of rotatable bonds is 38. The summed E-state index contributed by atoms with van der Waals surface area (Å²) in [5.41, 5.74) is 0. The van der Waals surface area contributed by atoms with E-state index < -0.39 is 51.8 Å². The Morgan fingerprint density at radius 2 is 1.02 bits per heavy atom. The van der Waals surface area contributed by atoms with Crippen LogP contribution in [0.15, 0.2) is 72.9 Å². The van der Waals surface area contributed by atoms with E-state index in [2.05, 4.69) is 79.1 Å². The molecule has 0 radical (unpaired) electrons. The van der Waals surface area contributed by atoms with Crippen LogP contribution in [-0.2, 0) is 32.7 Å². The molecule has 0 amide bonds. The second-order valence-electron chi connectivity index (χ2n) is 13.6. The van der Waals surface area contributed by atoms with Gasteiger partial charge in [0.15, 0.2) is 6.10 Å². The van der Waals surface area contributed by atoms with Gasteiger partial charge in [-0.05, 0) is 77.0 Å². The SMILES string of the molecule is CC/C=C/C/C=C/C/C=C/C/C=C/C/C=C/CCCC(=O)O[C@H](COC(=O)CCCCCCCCC/C=C/CCCCCC)COP(=O)(O)OC[C@@H](O)CO. The van der Waals surface area contributed by atoms with Gasteiger partial charge in [0, 0.05) is 12.8 Å². The van der Waals surface area contributed by atoms with Crippen LogP contribution >= 0.6 is 7.82 Å². The molecule has 10 nitrogen and oxygen atoms in total. The predicted molar refractivity (Wildman–Crippen MR) is 223 cm³/mol. The monoisotopic (exact) mass is 795 g/mol. The molecule has 0 bridgehead atoms. The first-order chi connectivity index (χ1) is 26.7. The number of allylic oxidation sites excluding steroid dienone is 12. The van der Waals surface area contributed by atoms with Gasteiger partial charge in [-0.3, -0.25) is 18.6 Å². The van der Waals surface area contributed by atoms with Gasteiger partial charge < -0.3 is 24.6 Å². The summed E-state index contributed by atoms with van der Waals surface area (Å²) in [5, 5.41) is 18.3. The van der Waals surface area contributed by atoms with Gasteiger partial charge in [0.1, 0.15) is 12.7 Å². The molecule has 11 heteroatoms. The number of carbonyl (C=O) groups is 2. The molecule has 0 aliphatic carbocycles. The third-order valence-corrected chi connectivity index (χ3v) is 9.30. The minimum atomic E-state index is -4.64. The normalized spacial score (nSPS) is 14.6. The summed E-state index contributed by atoms with van der Waals surface area (Å²) in [6.07, 6.45) is 44.4. The van der Waals surface area contributed by atoms with Gasteiger partial charge in [0.25, 0.3) is 0 Å². The summed E-state index contributed by atoms with van der Waals surface area (Å²) in [5.74, 6) is -1.00. The number of esters is 2. The van der Waals surface area contributed by atoms with E-state index in [0.29, 0.717) is 19.3 Å². The summed E-state index contributed by atoms with van der Waals surface area (Å²) >= 11 is 0. The van der Waals surface area contributed by atoms with E-state index in [4.69, 9.17) is 19.1 Å². The van der Waals surface area contributed by atoms with E-state index in [1.807, 2.05) is 12.2 Å². The number of ether oxygens (including phenoxy) is 2. The number of hydrogen-bond donors (Lipinski definition) is 3. The van der Waals surface area contributed by atoms with Crippen molar-refractivity contribution in [3.8, 4) is 0 Å². The highest BCUT2D eigenvalue weighted by Gasteiger charge is 2.27. The lowest BCUT2D eigenvalue weighted by molar-refractivity contribution is -0.161. The first kappa shape index (κ1) is 52.4. The van der Waals surface area contributed by atoms with Crippen LogP contribution in [-0.4, -0.2) is 65.7 Å². The van der Waals surface area contributed by atoms with Crippen molar-refractivity contribution in [2.75, 3.05) is 26.4 Å². The highest BCUT2D eigenvalue weighted by atomic mass is 31.2. The van der Waals surface area contributed by atoms with Crippen LogP contribution in [0.25, 0.3) is 0 Å². The van der Waals surface area contributed by atoms with Crippen LogP contribution in [0.2, 0.25) is 0 Å². The number of phosphoric ester groups is 1. The fraction of sp³-hybridized carbons (Fsp3) is 0.682. The molecule has 0 rings (SSSR count). The lowest BCUT2D eigenvalue weighted by Gasteiger charge is -2.20. The Bertz CT molecular complexity index is 1140. The molecule has 0 aromatic rings. The van der Waals surface area contributed by atoms with E-state index in [1.54, 1.807) is 0 Å². The molecule has 1 unspecified atom stereocenters. The van der Waals surface area contributed by atoms with Crippen molar-refractivity contribution in [1.29, 1.82) is 0 Å². The number of phosphoric acid groups is 1. The summed E-state index contributed by atoms with van der Waals surface area (Å²) in [7, 11) is -4.64. The second kappa shape index (κ2) is 39.6. The van der Waals surface area contributed by atoms with E-state index in [0.717, 1.165) is 57.8 Å². The van der Waals surface area contributed by atoms with Gasteiger partial charge in [-0.2, -0.15) is 0 Å². The van der Waals surface area contributed by atoms with Gasteiger partial charge in [-0.25, -0.2) is 4.57 Å². The highest BCUT2D eigenvalue weighted by Crippen LogP contribution is 2.43. The molecule has 0 saturated heterocycles. The molecule has 0 aliphatic rings. The van der Waals surface area contributed by atoms with Crippen LogP contribution in [0.4, 0.5) is 0 Å². The van der Waals surface area contributed by atoms with Crippen LogP contribution in [0.3, 0.4) is 0 Å². The first-order valence-corrected chi connectivity index (χ1v) is 22.4.